The summed E-state index contributed by atoms with van der Waals surface area (Å²) in [6.07, 6.45) is 0.208. The Kier molecular flexibility index (Phi) is 6.26. The van der Waals surface area contributed by atoms with E-state index in [2.05, 4.69) is 21.2 Å². The van der Waals surface area contributed by atoms with Gasteiger partial charge in [-0.25, -0.2) is 0 Å². The van der Waals surface area contributed by atoms with Crippen molar-refractivity contribution in [2.75, 3.05) is 5.32 Å². The van der Waals surface area contributed by atoms with Crippen LogP contribution in [-0.4, -0.2) is 10.7 Å². The highest BCUT2D eigenvalue weighted by Gasteiger charge is 2.21. The van der Waals surface area contributed by atoms with Crippen LogP contribution in [0.2, 0.25) is 5.02 Å². The van der Waals surface area contributed by atoms with Crippen molar-refractivity contribution in [1.29, 1.82) is 0 Å². The number of ketones is 1. The summed E-state index contributed by atoms with van der Waals surface area (Å²) in [6.45, 7) is 0. The van der Waals surface area contributed by atoms with Crippen molar-refractivity contribution in [1.82, 2.24) is 0 Å². The summed E-state index contributed by atoms with van der Waals surface area (Å²) in [5, 5.41) is 16.3. The second kappa shape index (κ2) is 8.65. The van der Waals surface area contributed by atoms with E-state index in [0.717, 1.165) is 10.0 Å². The molecule has 1 atom stereocenters. The van der Waals surface area contributed by atoms with E-state index in [1.54, 1.807) is 6.07 Å². The summed E-state index contributed by atoms with van der Waals surface area (Å²) in [5.74, 6) is -0.0123. The first-order valence-corrected chi connectivity index (χ1v) is 10.0. The van der Waals surface area contributed by atoms with Gasteiger partial charge in [-0.05, 0) is 45.1 Å². The van der Waals surface area contributed by atoms with Crippen LogP contribution in [-0.2, 0) is 0 Å². The number of thiophene rings is 1. The van der Waals surface area contributed by atoms with Crippen LogP contribution in [0.3, 0.4) is 0 Å². The molecule has 0 saturated heterocycles. The number of carbonyl (C=O) groups is 1. The van der Waals surface area contributed by atoms with E-state index < -0.39 is 4.92 Å². The first kappa shape index (κ1) is 19.5. The number of halogens is 2. The standard InChI is InChI=1S/C19H14BrClN2O3S/c20-14-8-9-27-19(14)18(24)11-16(12-4-2-1-3-5-12)22-13-6-7-15(21)17(10-13)23(25)26/h1-10,16,22H,11H2. The molecule has 8 heteroatoms. The van der Waals surface area contributed by atoms with Gasteiger partial charge in [-0.2, -0.15) is 0 Å². The van der Waals surface area contributed by atoms with Gasteiger partial charge in [0.1, 0.15) is 5.02 Å². The van der Waals surface area contributed by atoms with Gasteiger partial charge in [0.2, 0.25) is 0 Å². The molecule has 0 amide bonds. The molecule has 0 bridgehead atoms. The average molecular weight is 466 g/mol. The fourth-order valence-electron chi connectivity index (χ4n) is 2.65. The van der Waals surface area contributed by atoms with E-state index in [-0.39, 0.29) is 29.0 Å². The number of nitro groups is 1. The van der Waals surface area contributed by atoms with E-state index in [9.17, 15) is 14.9 Å². The average Bonchev–Trinajstić information content (AvgIpc) is 3.09. The van der Waals surface area contributed by atoms with E-state index in [1.807, 2.05) is 41.8 Å². The highest BCUT2D eigenvalue weighted by atomic mass is 79.9. The second-order valence-electron chi connectivity index (χ2n) is 5.76. The van der Waals surface area contributed by atoms with Crippen molar-refractivity contribution in [3.63, 3.8) is 0 Å². The summed E-state index contributed by atoms with van der Waals surface area (Å²) in [4.78, 5) is 24.0. The Morgan fingerprint density at radius 3 is 2.59 bits per heavy atom. The van der Waals surface area contributed by atoms with Crippen molar-refractivity contribution in [3.8, 4) is 0 Å². The lowest BCUT2D eigenvalue weighted by Crippen LogP contribution is -2.15. The Balaban J connectivity index is 1.89. The zero-order chi connectivity index (χ0) is 19.4. The topological polar surface area (TPSA) is 72.2 Å². The minimum atomic E-state index is -0.529. The molecular formula is C19H14BrClN2O3S. The van der Waals surface area contributed by atoms with Gasteiger partial charge in [-0.1, -0.05) is 41.9 Å². The number of hydrogen-bond donors (Lipinski definition) is 1. The molecule has 3 rings (SSSR count). The van der Waals surface area contributed by atoms with Crippen LogP contribution in [0.25, 0.3) is 0 Å². The maximum atomic E-state index is 12.7. The summed E-state index contributed by atoms with van der Waals surface area (Å²) < 4.78 is 0.770. The highest BCUT2D eigenvalue weighted by molar-refractivity contribution is 9.10. The number of carbonyl (C=O) groups excluding carboxylic acids is 1. The Morgan fingerprint density at radius 1 is 1.22 bits per heavy atom. The summed E-state index contributed by atoms with van der Waals surface area (Å²) in [7, 11) is 0. The van der Waals surface area contributed by atoms with Gasteiger partial charge < -0.3 is 5.32 Å². The first-order chi connectivity index (χ1) is 13.0. The molecule has 0 fully saturated rings. The number of anilines is 1. The fourth-order valence-corrected chi connectivity index (χ4v) is 4.38. The molecule has 0 aliphatic rings. The number of benzene rings is 2. The van der Waals surface area contributed by atoms with Crippen molar-refractivity contribution in [3.05, 3.63) is 90.0 Å². The van der Waals surface area contributed by atoms with Gasteiger partial charge in [0.05, 0.1) is 15.8 Å². The van der Waals surface area contributed by atoms with Crippen molar-refractivity contribution in [2.45, 2.75) is 12.5 Å². The van der Waals surface area contributed by atoms with Crippen LogP contribution < -0.4 is 5.32 Å². The van der Waals surface area contributed by atoms with Crippen LogP contribution in [0.5, 0.6) is 0 Å². The van der Waals surface area contributed by atoms with Gasteiger partial charge >= 0.3 is 0 Å². The van der Waals surface area contributed by atoms with E-state index in [1.165, 1.54) is 23.5 Å². The van der Waals surface area contributed by atoms with E-state index in [4.69, 9.17) is 11.6 Å². The van der Waals surface area contributed by atoms with Gasteiger partial charge in [-0.15, -0.1) is 11.3 Å². The lowest BCUT2D eigenvalue weighted by molar-refractivity contribution is -0.384. The van der Waals surface area contributed by atoms with Crippen LogP contribution in [0.1, 0.15) is 27.7 Å². The number of nitrogens with one attached hydrogen (secondary N) is 1. The SMILES string of the molecule is O=C(CC(Nc1ccc(Cl)c([N+](=O)[O-])c1)c1ccccc1)c1sccc1Br. The van der Waals surface area contributed by atoms with E-state index >= 15 is 0 Å². The molecule has 2 aromatic carbocycles. The maximum absolute atomic E-state index is 12.7. The Labute approximate surface area is 173 Å². The Bertz CT molecular complexity index is 978. The predicted molar refractivity (Wildman–Crippen MR) is 112 cm³/mol. The summed E-state index contributed by atoms with van der Waals surface area (Å²) in [5.41, 5.74) is 1.26. The molecule has 3 aromatic rings. The number of hydrogen-bond acceptors (Lipinski definition) is 5. The molecule has 1 heterocycles. The molecule has 1 N–H and O–H groups in total. The van der Waals surface area contributed by atoms with Gasteiger partial charge in [0.25, 0.3) is 5.69 Å². The van der Waals surface area contributed by atoms with Crippen molar-refractivity contribution >= 4 is 56.0 Å². The third-order valence-electron chi connectivity index (χ3n) is 3.95. The predicted octanol–water partition coefficient (Wildman–Crippen LogP) is 6.50. The minimum Gasteiger partial charge on any atom is -0.378 e. The zero-order valence-electron chi connectivity index (χ0n) is 13.9. The van der Waals surface area contributed by atoms with E-state index in [0.29, 0.717) is 10.6 Å². The number of rotatable bonds is 7. The lowest BCUT2D eigenvalue weighted by atomic mass is 10.00. The Hall–Kier alpha value is -2.22. The molecular weight excluding hydrogens is 452 g/mol. The molecule has 0 spiro atoms. The van der Waals surface area contributed by atoms with Gasteiger partial charge in [-0.3, -0.25) is 14.9 Å². The zero-order valence-corrected chi connectivity index (χ0v) is 17.1. The molecule has 1 aromatic heterocycles. The van der Waals surface area contributed by atoms with Crippen molar-refractivity contribution in [2.24, 2.45) is 0 Å². The molecule has 0 aliphatic heterocycles. The molecule has 0 aliphatic carbocycles. The summed E-state index contributed by atoms with van der Waals surface area (Å²) >= 11 is 10.7. The highest BCUT2D eigenvalue weighted by Crippen LogP contribution is 2.32. The van der Waals surface area contributed by atoms with Gasteiger partial charge in [0.15, 0.2) is 5.78 Å². The number of nitro benzene ring substituents is 1. The van der Waals surface area contributed by atoms with Gasteiger partial charge in [0, 0.05) is 22.6 Å². The third-order valence-corrected chi connectivity index (χ3v) is 6.14. The van der Waals surface area contributed by atoms with Crippen molar-refractivity contribution < 1.29 is 9.72 Å². The quantitative estimate of drug-likeness (QED) is 0.246. The second-order valence-corrected chi connectivity index (χ2v) is 7.93. The van der Waals surface area contributed by atoms with Crippen LogP contribution in [0.4, 0.5) is 11.4 Å². The molecule has 0 saturated carbocycles. The number of Topliss-reactive ketones (excluding diaryl/α,β-unsaturated/α-hetero) is 1. The smallest absolute Gasteiger partial charge is 0.289 e. The first-order valence-electron chi connectivity index (χ1n) is 7.97. The van der Waals surface area contributed by atoms with Crippen LogP contribution >= 0.6 is 38.9 Å². The maximum Gasteiger partial charge on any atom is 0.289 e. The lowest BCUT2D eigenvalue weighted by Gasteiger charge is -2.20. The fraction of sp³-hybridized carbons (Fsp3) is 0.105. The largest absolute Gasteiger partial charge is 0.378 e. The van der Waals surface area contributed by atoms with Crippen LogP contribution in [0, 0.1) is 10.1 Å². The molecule has 27 heavy (non-hydrogen) atoms. The summed E-state index contributed by atoms with van der Waals surface area (Å²) in [6, 6.07) is 15.5. The molecule has 138 valence electrons. The minimum absolute atomic E-state index is 0.0123. The molecule has 1 unspecified atom stereocenters. The molecule has 0 radical (unpaired) electrons. The number of nitrogens with zero attached hydrogens (tertiary/aromatic N) is 1. The Morgan fingerprint density at radius 2 is 1.96 bits per heavy atom. The third kappa shape index (κ3) is 4.74. The van der Waals surface area contributed by atoms with Crippen LogP contribution in [0.15, 0.2) is 64.5 Å². The molecule has 5 nitrogen and oxygen atoms in total. The normalized spacial score (nSPS) is 11.8. The monoisotopic (exact) mass is 464 g/mol.